The van der Waals surface area contributed by atoms with E-state index in [2.05, 4.69) is 0 Å². The number of Topliss-reactive ketones (excluding diaryl/α,β-unsaturated/α-hetero) is 1. The third kappa shape index (κ3) is 3.05. The molecular weight excluding hydrogens is 207 g/mol. The minimum absolute atomic E-state index is 0.00315. The lowest BCUT2D eigenvalue weighted by atomic mass is 10.0. The Kier molecular flexibility index (Phi) is 4.47. The molecule has 1 unspecified atom stereocenters. The van der Waals surface area contributed by atoms with Crippen LogP contribution < -0.4 is 4.74 Å². The number of rotatable bonds is 5. The van der Waals surface area contributed by atoms with Gasteiger partial charge in [-0.2, -0.15) is 0 Å². The molecule has 1 aromatic carbocycles. The summed E-state index contributed by atoms with van der Waals surface area (Å²) in [6.45, 7) is 5.39. The van der Waals surface area contributed by atoms with Gasteiger partial charge in [-0.15, -0.1) is 0 Å². The molecule has 0 radical (unpaired) electrons. The number of hydrogen-bond donors (Lipinski definition) is 0. The first-order valence-electron chi connectivity index (χ1n) is 5.46. The topological polar surface area (TPSA) is 26.3 Å². The molecule has 0 amide bonds. The van der Waals surface area contributed by atoms with Crippen LogP contribution in [-0.4, -0.2) is 12.4 Å². The summed E-state index contributed by atoms with van der Waals surface area (Å²) >= 11 is 0. The Morgan fingerprint density at radius 3 is 2.81 bits per heavy atom. The van der Waals surface area contributed by atoms with E-state index >= 15 is 0 Å². The summed E-state index contributed by atoms with van der Waals surface area (Å²) < 4.78 is 18.7. The van der Waals surface area contributed by atoms with Crippen LogP contribution in [0.2, 0.25) is 0 Å². The summed E-state index contributed by atoms with van der Waals surface area (Å²) in [4.78, 5) is 11.5. The zero-order valence-electron chi connectivity index (χ0n) is 9.92. The monoisotopic (exact) mass is 224 g/mol. The van der Waals surface area contributed by atoms with Gasteiger partial charge in [-0.1, -0.05) is 26.0 Å². The predicted octanol–water partition coefficient (Wildman–Crippen LogP) is 3.13. The van der Waals surface area contributed by atoms with Crippen molar-refractivity contribution in [2.45, 2.75) is 27.2 Å². The molecule has 0 bridgehead atoms. The van der Waals surface area contributed by atoms with Crippen LogP contribution in [0, 0.1) is 18.7 Å². The number of carbonyl (C=O) groups excluding carboxylic acids is 1. The second-order valence-electron chi connectivity index (χ2n) is 3.95. The summed E-state index contributed by atoms with van der Waals surface area (Å²) in [7, 11) is 0. The highest BCUT2D eigenvalue weighted by Crippen LogP contribution is 2.19. The Morgan fingerprint density at radius 1 is 1.50 bits per heavy atom. The van der Waals surface area contributed by atoms with Gasteiger partial charge in [0.15, 0.2) is 17.3 Å². The third-order valence-electron chi connectivity index (χ3n) is 2.69. The Bertz CT molecular complexity index is 374. The first-order valence-corrected chi connectivity index (χ1v) is 5.46. The molecule has 0 saturated heterocycles. The smallest absolute Gasteiger partial charge is 0.172 e. The molecule has 0 aliphatic heterocycles. The van der Waals surface area contributed by atoms with E-state index in [1.807, 2.05) is 13.8 Å². The van der Waals surface area contributed by atoms with Crippen molar-refractivity contribution >= 4 is 5.78 Å². The molecule has 0 aliphatic rings. The third-order valence-corrected chi connectivity index (χ3v) is 2.69. The maximum absolute atomic E-state index is 13.5. The fourth-order valence-electron chi connectivity index (χ4n) is 1.25. The minimum atomic E-state index is -0.389. The molecule has 2 nitrogen and oxygen atoms in total. The highest BCUT2D eigenvalue weighted by molar-refractivity contribution is 5.82. The standard InChI is InChI=1S/C13H17FO2/c1-4-9(2)11(15)8-16-12-7-5-6-10(3)13(12)14/h5-7,9H,4,8H2,1-3H3. The number of hydrogen-bond acceptors (Lipinski definition) is 2. The number of halogens is 1. The van der Waals surface area contributed by atoms with Crippen molar-refractivity contribution in [1.82, 2.24) is 0 Å². The highest BCUT2D eigenvalue weighted by atomic mass is 19.1. The van der Waals surface area contributed by atoms with E-state index in [9.17, 15) is 9.18 Å². The lowest BCUT2D eigenvalue weighted by Gasteiger charge is -2.10. The van der Waals surface area contributed by atoms with Gasteiger partial charge in [0.25, 0.3) is 0 Å². The van der Waals surface area contributed by atoms with E-state index in [1.165, 1.54) is 6.07 Å². The van der Waals surface area contributed by atoms with Crippen LogP contribution in [-0.2, 0) is 4.79 Å². The molecule has 0 heterocycles. The highest BCUT2D eigenvalue weighted by Gasteiger charge is 2.13. The normalized spacial score (nSPS) is 12.2. The van der Waals surface area contributed by atoms with Gasteiger partial charge in [-0.3, -0.25) is 4.79 Å². The molecule has 0 spiro atoms. The largest absolute Gasteiger partial charge is 0.483 e. The van der Waals surface area contributed by atoms with Gasteiger partial charge < -0.3 is 4.74 Å². The van der Waals surface area contributed by atoms with Gasteiger partial charge in [0.05, 0.1) is 0 Å². The molecule has 0 aromatic heterocycles. The zero-order valence-corrected chi connectivity index (χ0v) is 9.92. The van der Waals surface area contributed by atoms with E-state index in [-0.39, 0.29) is 29.9 Å². The second kappa shape index (κ2) is 5.64. The number of carbonyl (C=O) groups is 1. The first-order chi connectivity index (χ1) is 7.56. The minimum Gasteiger partial charge on any atom is -0.483 e. The molecule has 3 heteroatoms. The Balaban J connectivity index is 2.61. The van der Waals surface area contributed by atoms with Crippen LogP contribution in [0.5, 0.6) is 5.75 Å². The van der Waals surface area contributed by atoms with Crippen molar-refractivity contribution in [2.24, 2.45) is 5.92 Å². The molecule has 1 rings (SSSR count). The number of ketones is 1. The maximum Gasteiger partial charge on any atom is 0.172 e. The molecule has 0 fully saturated rings. The van der Waals surface area contributed by atoms with Crippen LogP contribution in [0.25, 0.3) is 0 Å². The van der Waals surface area contributed by atoms with Crippen LogP contribution in [0.4, 0.5) is 4.39 Å². The van der Waals surface area contributed by atoms with Crippen molar-refractivity contribution < 1.29 is 13.9 Å². The Morgan fingerprint density at radius 2 is 2.19 bits per heavy atom. The summed E-state index contributed by atoms with van der Waals surface area (Å²) in [5.74, 6) is -0.271. The fourth-order valence-corrected chi connectivity index (χ4v) is 1.25. The number of ether oxygens (including phenoxy) is 1. The zero-order chi connectivity index (χ0) is 12.1. The second-order valence-corrected chi connectivity index (χ2v) is 3.95. The van der Waals surface area contributed by atoms with Gasteiger partial charge in [0, 0.05) is 5.92 Å². The van der Waals surface area contributed by atoms with Gasteiger partial charge in [-0.05, 0) is 25.0 Å². The van der Waals surface area contributed by atoms with E-state index in [0.29, 0.717) is 5.56 Å². The predicted molar refractivity (Wildman–Crippen MR) is 61.1 cm³/mol. The SMILES string of the molecule is CCC(C)C(=O)COc1cccc(C)c1F. The van der Waals surface area contributed by atoms with Crippen molar-refractivity contribution in [1.29, 1.82) is 0 Å². The van der Waals surface area contributed by atoms with Crippen molar-refractivity contribution in [3.63, 3.8) is 0 Å². The van der Waals surface area contributed by atoms with Crippen LogP contribution in [0.3, 0.4) is 0 Å². The summed E-state index contributed by atoms with van der Waals surface area (Å²) in [6, 6.07) is 4.91. The fraction of sp³-hybridized carbons (Fsp3) is 0.462. The van der Waals surface area contributed by atoms with Crippen molar-refractivity contribution in [2.75, 3.05) is 6.61 Å². The molecular formula is C13H17FO2. The molecule has 0 aliphatic carbocycles. The van der Waals surface area contributed by atoms with Crippen LogP contribution >= 0.6 is 0 Å². The maximum atomic E-state index is 13.5. The van der Waals surface area contributed by atoms with E-state index in [0.717, 1.165) is 6.42 Å². The van der Waals surface area contributed by atoms with E-state index in [1.54, 1.807) is 19.1 Å². The molecule has 0 N–H and O–H groups in total. The van der Waals surface area contributed by atoms with Gasteiger partial charge in [0.1, 0.15) is 6.61 Å². The Labute approximate surface area is 95.4 Å². The molecule has 0 saturated carbocycles. The first kappa shape index (κ1) is 12.7. The van der Waals surface area contributed by atoms with Crippen molar-refractivity contribution in [3.05, 3.63) is 29.6 Å². The van der Waals surface area contributed by atoms with E-state index < -0.39 is 0 Å². The van der Waals surface area contributed by atoms with Crippen LogP contribution in [0.15, 0.2) is 18.2 Å². The average molecular weight is 224 g/mol. The molecule has 1 atom stereocenters. The lowest BCUT2D eigenvalue weighted by molar-refractivity contribution is -0.124. The van der Waals surface area contributed by atoms with Gasteiger partial charge >= 0.3 is 0 Å². The Hall–Kier alpha value is -1.38. The number of aryl methyl sites for hydroxylation is 1. The van der Waals surface area contributed by atoms with Crippen LogP contribution in [0.1, 0.15) is 25.8 Å². The summed E-state index contributed by atoms with van der Waals surface area (Å²) in [5, 5.41) is 0. The van der Waals surface area contributed by atoms with Crippen molar-refractivity contribution in [3.8, 4) is 5.75 Å². The number of benzene rings is 1. The van der Waals surface area contributed by atoms with Gasteiger partial charge in [-0.25, -0.2) is 4.39 Å². The molecule has 1 aromatic rings. The molecule has 16 heavy (non-hydrogen) atoms. The summed E-state index contributed by atoms with van der Waals surface area (Å²) in [6.07, 6.45) is 0.776. The van der Waals surface area contributed by atoms with Gasteiger partial charge in [0.2, 0.25) is 0 Å². The summed E-state index contributed by atoms with van der Waals surface area (Å²) in [5.41, 5.74) is 0.522. The quantitative estimate of drug-likeness (QED) is 0.768. The average Bonchev–Trinajstić information content (AvgIpc) is 2.29. The molecule has 88 valence electrons. The van der Waals surface area contributed by atoms with E-state index in [4.69, 9.17) is 4.74 Å². The lowest BCUT2D eigenvalue weighted by Crippen LogP contribution is -2.19.